The zero-order valence-electron chi connectivity index (χ0n) is 14.1. The molecule has 1 N–H and O–H groups in total. The number of halogens is 4. The predicted octanol–water partition coefficient (Wildman–Crippen LogP) is 4.54. The molecule has 3 aromatic rings. The van der Waals surface area contributed by atoms with Crippen LogP contribution in [-0.2, 0) is 4.57 Å². The van der Waals surface area contributed by atoms with Gasteiger partial charge in [-0.2, -0.15) is 18.9 Å². The molecule has 3 rings (SSSR count). The molecule has 0 aliphatic rings. The van der Waals surface area contributed by atoms with Crippen molar-refractivity contribution in [3.05, 3.63) is 40.3 Å². The molecule has 1 aromatic carbocycles. The van der Waals surface area contributed by atoms with Crippen molar-refractivity contribution in [2.45, 2.75) is 6.55 Å². The molecule has 27 heavy (non-hydrogen) atoms. The normalized spacial score (nSPS) is 11.8. The maximum atomic E-state index is 12.8. The molecule has 7 nitrogen and oxygen atoms in total. The van der Waals surface area contributed by atoms with Gasteiger partial charge in [-0.05, 0) is 53.0 Å². The number of anilines is 2. The lowest BCUT2D eigenvalue weighted by atomic mass is 10.1. The van der Waals surface area contributed by atoms with Gasteiger partial charge < -0.3 is 9.88 Å². The van der Waals surface area contributed by atoms with E-state index in [2.05, 4.69) is 41.4 Å². The van der Waals surface area contributed by atoms with Crippen LogP contribution >= 0.6 is 34.7 Å². The average molecular weight is 478 g/mol. The van der Waals surface area contributed by atoms with Crippen molar-refractivity contribution in [2.75, 3.05) is 18.6 Å². The van der Waals surface area contributed by atoms with E-state index in [0.29, 0.717) is 31.6 Å². The van der Waals surface area contributed by atoms with E-state index in [0.717, 1.165) is 0 Å². The minimum Gasteiger partial charge on any atom is -0.339 e. The Labute approximate surface area is 166 Å². The lowest BCUT2D eigenvalue weighted by Crippen LogP contribution is -2.11. The minimum absolute atomic E-state index is 0.0543. The molecule has 0 radical (unpaired) electrons. The van der Waals surface area contributed by atoms with Crippen molar-refractivity contribution in [1.82, 2.24) is 25.0 Å². The number of nitrogens with zero attached hydrogens (tertiary/aromatic N) is 5. The number of rotatable bonds is 5. The van der Waals surface area contributed by atoms with E-state index in [4.69, 9.17) is 11.6 Å². The monoisotopic (exact) mass is 476 g/mol. The fourth-order valence-corrected chi connectivity index (χ4v) is 3.89. The summed E-state index contributed by atoms with van der Waals surface area (Å²) in [4.78, 5) is 8.27. The van der Waals surface area contributed by atoms with E-state index in [-0.39, 0.29) is 11.0 Å². The lowest BCUT2D eigenvalue weighted by molar-refractivity contribution is 0.0415. The maximum Gasteiger partial charge on any atom is 0.348 e. The third kappa shape index (κ3) is 4.51. The summed E-state index contributed by atoms with van der Waals surface area (Å²) in [6.07, 6.45) is 2.72. The summed E-state index contributed by atoms with van der Waals surface area (Å²) in [5.74, 6) is 0.404. The van der Waals surface area contributed by atoms with Gasteiger partial charge in [0, 0.05) is 17.1 Å². The molecule has 0 spiro atoms. The summed E-state index contributed by atoms with van der Waals surface area (Å²) in [5.41, 5.74) is 1.32. The Balaban J connectivity index is 2.04. The second-order valence-corrected chi connectivity index (χ2v) is 10.2. The van der Waals surface area contributed by atoms with Crippen molar-refractivity contribution in [3.8, 4) is 11.3 Å². The van der Waals surface area contributed by atoms with Crippen molar-refractivity contribution < 1.29 is 13.3 Å². The molecule has 0 saturated heterocycles. The summed E-state index contributed by atoms with van der Waals surface area (Å²) in [5, 5.41) is 10.9. The zero-order valence-corrected chi connectivity index (χ0v) is 17.3. The van der Waals surface area contributed by atoms with Gasteiger partial charge >= 0.3 is 6.55 Å². The highest BCUT2D eigenvalue weighted by Crippen LogP contribution is 2.40. The summed E-state index contributed by atoms with van der Waals surface area (Å²) in [6.45, 7) is 0.382. The third-order valence-corrected chi connectivity index (χ3v) is 5.82. The molecular weight excluding hydrogens is 465 g/mol. The van der Waals surface area contributed by atoms with E-state index in [1.807, 2.05) is 0 Å². The van der Waals surface area contributed by atoms with Crippen LogP contribution in [0.5, 0.6) is 0 Å². The smallest absolute Gasteiger partial charge is 0.339 e. The van der Waals surface area contributed by atoms with Crippen LogP contribution < -0.4 is 10.6 Å². The maximum absolute atomic E-state index is 12.8. The zero-order chi connectivity index (χ0) is 19.8. The van der Waals surface area contributed by atoms with Gasteiger partial charge in [-0.25, -0.2) is 4.98 Å². The quantitative estimate of drug-likeness (QED) is 0.429. The van der Waals surface area contributed by atoms with Crippen molar-refractivity contribution in [3.63, 3.8) is 0 Å². The van der Waals surface area contributed by atoms with Crippen LogP contribution in [0.15, 0.2) is 35.1 Å². The molecule has 0 aliphatic carbocycles. The van der Waals surface area contributed by atoms with Gasteiger partial charge in [0.2, 0.25) is 5.28 Å². The first kappa shape index (κ1) is 19.9. The van der Waals surface area contributed by atoms with E-state index in [9.17, 15) is 13.3 Å². The van der Waals surface area contributed by atoms with Crippen LogP contribution in [0.4, 0.5) is 20.3 Å². The Bertz CT molecular complexity index is 1040. The van der Waals surface area contributed by atoms with Gasteiger partial charge in [-0.1, -0.05) is 6.07 Å². The lowest BCUT2D eigenvalue weighted by Gasteiger charge is -2.16. The highest BCUT2D eigenvalue weighted by molar-refractivity contribution is 9.10. The molecule has 0 atom stereocenters. The molecule has 2 aromatic heterocycles. The fraction of sp³-hybridized carbons (Fsp3) is 0.200. The second-order valence-electron chi connectivity index (χ2n) is 5.87. The minimum atomic E-state index is -2.83. The molecule has 12 heteroatoms. The molecule has 142 valence electrons. The topological polar surface area (TPSA) is 85.6 Å². The third-order valence-electron chi connectivity index (χ3n) is 3.52. The standard InChI is InChI=1S/C15H13BrClF2N6OP/c1-27(2,26)12-5-8(11-7-21-25(24-11)15(18)19)3-4-10(12)22-13-9(16)6-20-14(17)23-13/h3-7,15H,1-2H3,(H,20,22,23). The fourth-order valence-electron chi connectivity index (χ4n) is 2.31. The van der Waals surface area contributed by atoms with Crippen molar-refractivity contribution >= 4 is 51.5 Å². The summed E-state index contributed by atoms with van der Waals surface area (Å²) < 4.78 is 38.8. The molecule has 0 aliphatic heterocycles. The van der Waals surface area contributed by atoms with E-state index in [1.165, 1.54) is 12.4 Å². The molecule has 2 heterocycles. The van der Waals surface area contributed by atoms with Crippen LogP contribution in [0, 0.1) is 0 Å². The highest BCUT2D eigenvalue weighted by atomic mass is 79.9. The van der Waals surface area contributed by atoms with Gasteiger partial charge in [0.15, 0.2) is 0 Å². The molecule has 0 saturated carbocycles. The van der Waals surface area contributed by atoms with Gasteiger partial charge in [0.25, 0.3) is 0 Å². The number of aromatic nitrogens is 5. The average Bonchev–Trinajstić information content (AvgIpc) is 3.08. The van der Waals surface area contributed by atoms with Crippen LogP contribution in [-0.4, -0.2) is 38.3 Å². The number of nitrogens with one attached hydrogen (secondary N) is 1. The van der Waals surface area contributed by atoms with Crippen molar-refractivity contribution in [2.24, 2.45) is 0 Å². The Morgan fingerprint density at radius 1 is 1.30 bits per heavy atom. The van der Waals surface area contributed by atoms with Crippen LogP contribution in [0.3, 0.4) is 0 Å². The Hall–Kier alpha value is -1.90. The van der Waals surface area contributed by atoms with Gasteiger partial charge in [-0.15, -0.1) is 9.90 Å². The van der Waals surface area contributed by atoms with Gasteiger partial charge in [0.05, 0.1) is 16.4 Å². The van der Waals surface area contributed by atoms with Gasteiger partial charge in [-0.3, -0.25) is 0 Å². The largest absolute Gasteiger partial charge is 0.348 e. The molecule has 0 unspecified atom stereocenters. The van der Waals surface area contributed by atoms with E-state index >= 15 is 0 Å². The predicted molar refractivity (Wildman–Crippen MR) is 104 cm³/mol. The summed E-state index contributed by atoms with van der Waals surface area (Å²) in [6, 6.07) is 4.98. The van der Waals surface area contributed by atoms with E-state index < -0.39 is 13.7 Å². The van der Waals surface area contributed by atoms with Crippen LogP contribution in [0.2, 0.25) is 5.28 Å². The first-order valence-corrected chi connectivity index (χ1v) is 11.3. The SMILES string of the molecule is CP(C)(=O)c1cc(-c2cnn(C(F)F)n2)ccc1Nc1nc(Cl)ncc1Br. The highest BCUT2D eigenvalue weighted by Gasteiger charge is 2.20. The van der Waals surface area contributed by atoms with Gasteiger partial charge in [0.1, 0.15) is 18.7 Å². The number of alkyl halides is 2. The molecule has 0 bridgehead atoms. The second kappa shape index (κ2) is 7.61. The Morgan fingerprint density at radius 3 is 2.67 bits per heavy atom. The number of hydrogen-bond donors (Lipinski definition) is 1. The summed E-state index contributed by atoms with van der Waals surface area (Å²) >= 11 is 9.15. The van der Waals surface area contributed by atoms with Crippen molar-refractivity contribution in [1.29, 1.82) is 0 Å². The Kier molecular flexibility index (Phi) is 5.60. The molecular formula is C15H13BrClF2N6OP. The Morgan fingerprint density at radius 2 is 2.04 bits per heavy atom. The first-order chi connectivity index (χ1) is 12.6. The van der Waals surface area contributed by atoms with Crippen LogP contribution in [0.1, 0.15) is 6.55 Å². The summed E-state index contributed by atoms with van der Waals surface area (Å²) in [7, 11) is -2.74. The van der Waals surface area contributed by atoms with Crippen LogP contribution in [0.25, 0.3) is 11.3 Å². The molecule has 0 fully saturated rings. The van der Waals surface area contributed by atoms with E-state index in [1.54, 1.807) is 31.5 Å². The number of hydrogen-bond acceptors (Lipinski definition) is 6. The first-order valence-electron chi connectivity index (χ1n) is 7.50. The molecule has 0 amide bonds. The number of benzene rings is 1.